The maximum Gasteiger partial charge on any atom is 0.261 e. The first-order valence-electron chi connectivity index (χ1n) is 5.92. The van der Waals surface area contributed by atoms with Gasteiger partial charge >= 0.3 is 0 Å². The van der Waals surface area contributed by atoms with Crippen molar-refractivity contribution in [3.63, 3.8) is 0 Å². The Bertz CT molecular complexity index is 679. The van der Waals surface area contributed by atoms with Crippen molar-refractivity contribution >= 4 is 44.5 Å². The number of rotatable bonds is 3. The highest BCUT2D eigenvalue weighted by molar-refractivity contribution is 9.11. The van der Waals surface area contributed by atoms with Gasteiger partial charge in [-0.1, -0.05) is 11.8 Å². The van der Waals surface area contributed by atoms with Crippen LogP contribution in [0.25, 0.3) is 0 Å². The van der Waals surface area contributed by atoms with Crippen molar-refractivity contribution < 1.29 is 4.79 Å². The lowest BCUT2D eigenvalue weighted by Gasteiger charge is -2.00. The molecule has 3 N–H and O–H groups in total. The number of thiophene rings is 2. The van der Waals surface area contributed by atoms with Gasteiger partial charge in [0, 0.05) is 4.88 Å². The van der Waals surface area contributed by atoms with Crippen LogP contribution < -0.4 is 11.1 Å². The lowest BCUT2D eigenvalue weighted by molar-refractivity contribution is 0.0955. The summed E-state index contributed by atoms with van der Waals surface area (Å²) in [6, 6.07) is 5.83. The molecule has 0 radical (unpaired) electrons. The molecule has 0 saturated carbocycles. The van der Waals surface area contributed by atoms with Gasteiger partial charge in [0.05, 0.1) is 26.6 Å². The van der Waals surface area contributed by atoms with Crippen molar-refractivity contribution in [2.24, 2.45) is 5.73 Å². The minimum absolute atomic E-state index is 0.0663. The van der Waals surface area contributed by atoms with E-state index in [4.69, 9.17) is 5.73 Å². The molecule has 0 aromatic carbocycles. The Kier molecular flexibility index (Phi) is 5.38. The maximum absolute atomic E-state index is 12.1. The maximum atomic E-state index is 12.1. The van der Waals surface area contributed by atoms with Gasteiger partial charge in [0.1, 0.15) is 0 Å². The molecule has 0 atom stereocenters. The van der Waals surface area contributed by atoms with Crippen molar-refractivity contribution in [3.05, 3.63) is 42.2 Å². The highest BCUT2D eigenvalue weighted by atomic mass is 79.9. The molecule has 0 aliphatic rings. The van der Waals surface area contributed by atoms with Crippen molar-refractivity contribution in [1.82, 2.24) is 5.32 Å². The summed E-state index contributed by atoms with van der Waals surface area (Å²) in [5.74, 6) is 5.73. The smallest absolute Gasteiger partial charge is 0.261 e. The molecule has 0 fully saturated rings. The summed E-state index contributed by atoms with van der Waals surface area (Å²) in [6.45, 7) is 2.81. The monoisotopic (exact) mass is 368 g/mol. The van der Waals surface area contributed by atoms with E-state index in [2.05, 4.69) is 33.1 Å². The second-order valence-electron chi connectivity index (χ2n) is 4.02. The van der Waals surface area contributed by atoms with Gasteiger partial charge in [0.2, 0.25) is 0 Å². The number of carbonyl (C=O) groups is 1. The molecule has 0 aliphatic carbocycles. The van der Waals surface area contributed by atoms with Crippen LogP contribution in [0.15, 0.2) is 22.0 Å². The minimum Gasteiger partial charge on any atom is -0.346 e. The number of hydrogen-bond acceptors (Lipinski definition) is 4. The fraction of sp³-hybridized carbons (Fsp3) is 0.214. The molecule has 2 rings (SSSR count). The number of halogens is 1. The van der Waals surface area contributed by atoms with Crippen LogP contribution in [0.1, 0.15) is 25.0 Å². The zero-order chi connectivity index (χ0) is 14.5. The first kappa shape index (κ1) is 15.3. The summed E-state index contributed by atoms with van der Waals surface area (Å²) in [4.78, 5) is 14.8. The fourth-order valence-electron chi connectivity index (χ4n) is 1.55. The number of hydrogen-bond donors (Lipinski definition) is 2. The van der Waals surface area contributed by atoms with Crippen LogP contribution in [0.3, 0.4) is 0 Å². The fourth-order valence-corrected chi connectivity index (χ4v) is 3.94. The number of nitrogens with two attached hydrogens (primary N) is 1. The van der Waals surface area contributed by atoms with Crippen molar-refractivity contribution in [3.8, 4) is 11.8 Å². The van der Waals surface area contributed by atoms with Gasteiger partial charge in [-0.05, 0) is 46.6 Å². The normalized spacial score (nSPS) is 9.95. The van der Waals surface area contributed by atoms with Gasteiger partial charge in [-0.25, -0.2) is 0 Å². The lowest BCUT2D eigenvalue weighted by atomic mass is 10.2. The average molecular weight is 369 g/mol. The van der Waals surface area contributed by atoms with Crippen LogP contribution in [0.2, 0.25) is 0 Å². The van der Waals surface area contributed by atoms with Gasteiger partial charge < -0.3 is 11.1 Å². The molecule has 3 nitrogen and oxygen atoms in total. The predicted molar refractivity (Wildman–Crippen MR) is 88.2 cm³/mol. The summed E-state index contributed by atoms with van der Waals surface area (Å²) in [6.07, 6.45) is 0. The van der Waals surface area contributed by atoms with Crippen molar-refractivity contribution in [1.29, 1.82) is 0 Å². The zero-order valence-electron chi connectivity index (χ0n) is 10.8. The summed E-state index contributed by atoms with van der Waals surface area (Å²) in [5, 5.41) is 2.91. The molecule has 2 aromatic rings. The summed E-state index contributed by atoms with van der Waals surface area (Å²) in [5.41, 5.74) is 6.37. The van der Waals surface area contributed by atoms with Gasteiger partial charge in [-0.15, -0.1) is 22.7 Å². The number of nitrogens with one attached hydrogen (secondary N) is 1. The van der Waals surface area contributed by atoms with E-state index >= 15 is 0 Å². The Labute approximate surface area is 134 Å². The second-order valence-corrected chi connectivity index (χ2v) is 7.62. The molecule has 0 aliphatic heterocycles. The van der Waals surface area contributed by atoms with Crippen LogP contribution in [-0.2, 0) is 6.54 Å². The molecule has 1 amide bonds. The van der Waals surface area contributed by atoms with Gasteiger partial charge in [-0.2, -0.15) is 0 Å². The van der Waals surface area contributed by atoms with Gasteiger partial charge in [0.25, 0.3) is 5.91 Å². The van der Waals surface area contributed by atoms with Crippen LogP contribution >= 0.6 is 38.6 Å². The average Bonchev–Trinajstić information content (AvgIpc) is 3.00. The minimum atomic E-state index is -0.0663. The molecule has 2 heterocycles. The Balaban J connectivity index is 2.02. The van der Waals surface area contributed by atoms with E-state index in [0.717, 1.165) is 19.1 Å². The van der Waals surface area contributed by atoms with Crippen LogP contribution in [-0.4, -0.2) is 12.5 Å². The summed E-state index contributed by atoms with van der Waals surface area (Å²) < 4.78 is 1.06. The van der Waals surface area contributed by atoms with E-state index in [1.54, 1.807) is 11.3 Å². The van der Waals surface area contributed by atoms with E-state index < -0.39 is 0 Å². The second kappa shape index (κ2) is 7.04. The van der Waals surface area contributed by atoms with E-state index in [1.807, 2.05) is 25.1 Å². The molecule has 0 spiro atoms. The van der Waals surface area contributed by atoms with Crippen LogP contribution in [0, 0.1) is 18.8 Å². The third-order valence-corrected chi connectivity index (χ3v) is 5.27. The van der Waals surface area contributed by atoms with E-state index in [9.17, 15) is 4.79 Å². The molecule has 0 bridgehead atoms. The van der Waals surface area contributed by atoms with Crippen LogP contribution in [0.4, 0.5) is 0 Å². The molecule has 20 heavy (non-hydrogen) atoms. The summed E-state index contributed by atoms with van der Waals surface area (Å²) >= 11 is 6.42. The number of carbonyl (C=O) groups excluding carboxylic acids is 1. The Morgan fingerprint density at radius 3 is 2.90 bits per heavy atom. The largest absolute Gasteiger partial charge is 0.346 e. The topological polar surface area (TPSA) is 55.1 Å². The molecular weight excluding hydrogens is 356 g/mol. The van der Waals surface area contributed by atoms with Gasteiger partial charge in [0.15, 0.2) is 0 Å². The Morgan fingerprint density at radius 1 is 1.45 bits per heavy atom. The molecule has 104 valence electrons. The molecular formula is C14H13BrN2OS2. The van der Waals surface area contributed by atoms with E-state index in [1.165, 1.54) is 11.3 Å². The molecule has 6 heteroatoms. The van der Waals surface area contributed by atoms with Crippen LogP contribution in [0.5, 0.6) is 0 Å². The predicted octanol–water partition coefficient (Wildman–Crippen LogP) is 3.12. The first-order valence-corrected chi connectivity index (χ1v) is 8.34. The first-order chi connectivity index (χ1) is 9.60. The zero-order valence-corrected chi connectivity index (χ0v) is 14.0. The Hall–Kier alpha value is -1.13. The summed E-state index contributed by atoms with van der Waals surface area (Å²) in [7, 11) is 0. The number of amides is 1. The highest BCUT2D eigenvalue weighted by Gasteiger charge is 2.11. The standard InChI is InChI=1S/C14H13BrN2OS2/c1-9-7-12(20-11(9)3-2-6-16)14(18)17-8-10-4-5-13(15)19-10/h4-5,7H,6,8,16H2,1H3,(H,17,18). The van der Waals surface area contributed by atoms with Crippen molar-refractivity contribution in [2.45, 2.75) is 13.5 Å². The third kappa shape index (κ3) is 3.93. The Morgan fingerprint density at radius 2 is 2.25 bits per heavy atom. The van der Waals surface area contributed by atoms with Crippen molar-refractivity contribution in [2.75, 3.05) is 6.54 Å². The van der Waals surface area contributed by atoms with E-state index in [-0.39, 0.29) is 5.91 Å². The number of aryl methyl sites for hydroxylation is 1. The molecule has 0 saturated heterocycles. The quantitative estimate of drug-likeness (QED) is 0.817. The lowest BCUT2D eigenvalue weighted by Crippen LogP contribution is -2.21. The third-order valence-electron chi connectivity index (χ3n) is 2.50. The highest BCUT2D eigenvalue weighted by Crippen LogP contribution is 2.23. The molecule has 2 aromatic heterocycles. The molecule has 0 unspecified atom stereocenters. The van der Waals surface area contributed by atoms with E-state index in [0.29, 0.717) is 18.0 Å². The van der Waals surface area contributed by atoms with Gasteiger partial charge in [-0.3, -0.25) is 4.79 Å². The SMILES string of the molecule is Cc1cc(C(=O)NCc2ccc(Br)s2)sc1C#CCN.